The van der Waals surface area contributed by atoms with Gasteiger partial charge in [-0.25, -0.2) is 4.68 Å². The van der Waals surface area contributed by atoms with E-state index in [-0.39, 0.29) is 17.5 Å². The summed E-state index contributed by atoms with van der Waals surface area (Å²) in [6.07, 6.45) is 3.98. The Balaban J connectivity index is 1.56. The molecule has 0 saturated heterocycles. The van der Waals surface area contributed by atoms with Gasteiger partial charge in [0, 0.05) is 31.6 Å². The minimum absolute atomic E-state index is 0.0552. The van der Waals surface area contributed by atoms with Crippen LogP contribution in [0.25, 0.3) is 5.69 Å². The molecule has 3 atom stereocenters. The number of benzene rings is 1. The van der Waals surface area contributed by atoms with Crippen molar-refractivity contribution in [1.82, 2.24) is 19.7 Å². The largest absolute Gasteiger partial charge is 0.393 e. The standard InChI is InChI=1S/C24H28N4O4/c1-15-17(12-16-4-6-18(7-5-16)28-11-3-10-25-28)13-20(24(32)27(15)2)23(31)26-21-9-8-19(29)14-22(21)30/h3-7,10-11,13,19,21-22,29-30H,8-9,12,14H2,1-2H3,(H,26,31)/t19?,21-,22-/m0/s1. The highest BCUT2D eigenvalue weighted by molar-refractivity contribution is 5.94. The summed E-state index contributed by atoms with van der Waals surface area (Å²) >= 11 is 0. The minimum atomic E-state index is -0.829. The van der Waals surface area contributed by atoms with E-state index in [1.165, 1.54) is 4.57 Å². The lowest BCUT2D eigenvalue weighted by atomic mass is 9.90. The molecule has 0 bridgehead atoms. The topological polar surface area (TPSA) is 109 Å². The molecule has 2 heterocycles. The maximum absolute atomic E-state index is 12.9. The van der Waals surface area contributed by atoms with Crippen LogP contribution in [0.5, 0.6) is 0 Å². The molecule has 1 aliphatic rings. The third-order valence-corrected chi connectivity index (χ3v) is 6.27. The minimum Gasteiger partial charge on any atom is -0.393 e. The van der Waals surface area contributed by atoms with Crippen molar-refractivity contribution in [3.8, 4) is 5.69 Å². The molecule has 8 heteroatoms. The smallest absolute Gasteiger partial charge is 0.263 e. The van der Waals surface area contributed by atoms with E-state index in [1.54, 1.807) is 24.0 Å². The van der Waals surface area contributed by atoms with E-state index in [2.05, 4.69) is 10.4 Å². The predicted octanol–water partition coefficient (Wildman–Crippen LogP) is 1.47. The number of aromatic nitrogens is 3. The quantitative estimate of drug-likeness (QED) is 0.561. The number of aliphatic hydroxyl groups excluding tert-OH is 2. The lowest BCUT2D eigenvalue weighted by molar-refractivity contribution is 0.0167. The SMILES string of the molecule is Cc1c(Cc2ccc(-n3cccn3)cc2)cc(C(=O)N[C@H]2CCC(O)C[C@@H]2O)c(=O)n1C. The molecule has 1 aromatic carbocycles. The molecular weight excluding hydrogens is 408 g/mol. The van der Waals surface area contributed by atoms with Gasteiger partial charge in [-0.2, -0.15) is 5.10 Å². The van der Waals surface area contributed by atoms with Gasteiger partial charge in [-0.3, -0.25) is 9.59 Å². The number of hydrogen-bond acceptors (Lipinski definition) is 5. The average molecular weight is 437 g/mol. The Morgan fingerprint density at radius 3 is 2.62 bits per heavy atom. The second-order valence-corrected chi connectivity index (χ2v) is 8.44. The fourth-order valence-electron chi connectivity index (χ4n) is 4.18. The lowest BCUT2D eigenvalue weighted by Crippen LogP contribution is -2.49. The van der Waals surface area contributed by atoms with Gasteiger partial charge in [0.15, 0.2) is 0 Å². The summed E-state index contributed by atoms with van der Waals surface area (Å²) in [7, 11) is 1.66. The van der Waals surface area contributed by atoms with Crippen LogP contribution >= 0.6 is 0 Å². The van der Waals surface area contributed by atoms with Crippen molar-refractivity contribution in [2.75, 3.05) is 0 Å². The van der Waals surface area contributed by atoms with Crippen LogP contribution in [0.3, 0.4) is 0 Å². The first kappa shape index (κ1) is 22.0. The van der Waals surface area contributed by atoms with Crippen molar-refractivity contribution >= 4 is 5.91 Å². The fraction of sp³-hybridized carbons (Fsp3) is 0.375. The highest BCUT2D eigenvalue weighted by atomic mass is 16.3. The first-order valence-electron chi connectivity index (χ1n) is 10.8. The normalized spacial score (nSPS) is 20.8. The number of carbonyl (C=O) groups is 1. The third-order valence-electron chi connectivity index (χ3n) is 6.27. The molecule has 8 nitrogen and oxygen atoms in total. The van der Waals surface area contributed by atoms with Gasteiger partial charge in [0.05, 0.1) is 23.9 Å². The van der Waals surface area contributed by atoms with Crippen molar-refractivity contribution in [2.45, 2.75) is 50.9 Å². The summed E-state index contributed by atoms with van der Waals surface area (Å²) in [5.41, 5.74) is 3.35. The molecule has 168 valence electrons. The molecule has 4 rings (SSSR count). The first-order valence-corrected chi connectivity index (χ1v) is 10.8. The van der Waals surface area contributed by atoms with Crippen LogP contribution in [0.1, 0.15) is 46.4 Å². The van der Waals surface area contributed by atoms with Gasteiger partial charge in [-0.05, 0) is 61.6 Å². The summed E-state index contributed by atoms with van der Waals surface area (Å²) in [6.45, 7) is 1.86. The maximum Gasteiger partial charge on any atom is 0.263 e. The molecule has 1 unspecified atom stereocenters. The second-order valence-electron chi connectivity index (χ2n) is 8.44. The zero-order valence-electron chi connectivity index (χ0n) is 18.2. The Labute approximate surface area is 186 Å². The van der Waals surface area contributed by atoms with Gasteiger partial charge in [0.1, 0.15) is 5.56 Å². The van der Waals surface area contributed by atoms with E-state index in [0.29, 0.717) is 19.3 Å². The number of carbonyl (C=O) groups excluding carboxylic acids is 1. The van der Waals surface area contributed by atoms with Crippen molar-refractivity contribution in [3.05, 3.63) is 81.5 Å². The van der Waals surface area contributed by atoms with E-state index < -0.39 is 24.2 Å². The lowest BCUT2D eigenvalue weighted by Gasteiger charge is -2.31. The zero-order chi connectivity index (χ0) is 22.8. The molecule has 3 N–H and O–H groups in total. The van der Waals surface area contributed by atoms with E-state index in [9.17, 15) is 19.8 Å². The zero-order valence-corrected chi connectivity index (χ0v) is 18.2. The summed E-state index contributed by atoms with van der Waals surface area (Å²) in [6, 6.07) is 11.0. The number of hydrogen-bond donors (Lipinski definition) is 3. The number of nitrogens with zero attached hydrogens (tertiary/aromatic N) is 3. The number of aliphatic hydroxyl groups is 2. The van der Waals surface area contributed by atoms with E-state index in [4.69, 9.17) is 0 Å². The van der Waals surface area contributed by atoms with Crippen molar-refractivity contribution in [2.24, 2.45) is 7.05 Å². The second kappa shape index (κ2) is 9.10. The van der Waals surface area contributed by atoms with Crippen LogP contribution in [-0.2, 0) is 13.5 Å². The summed E-state index contributed by atoms with van der Waals surface area (Å²) in [4.78, 5) is 25.7. The molecule has 2 aromatic heterocycles. The maximum atomic E-state index is 12.9. The van der Waals surface area contributed by atoms with E-state index >= 15 is 0 Å². The highest BCUT2D eigenvalue weighted by Crippen LogP contribution is 2.20. The molecular formula is C24H28N4O4. The molecule has 0 radical (unpaired) electrons. The molecule has 32 heavy (non-hydrogen) atoms. The Bertz CT molecular complexity index is 1150. The van der Waals surface area contributed by atoms with Crippen LogP contribution in [-0.4, -0.2) is 48.7 Å². The fourth-order valence-corrected chi connectivity index (χ4v) is 4.18. The molecule has 1 amide bonds. The number of nitrogens with one attached hydrogen (secondary N) is 1. The van der Waals surface area contributed by atoms with Crippen LogP contribution in [0.4, 0.5) is 0 Å². The molecule has 1 aliphatic carbocycles. The van der Waals surface area contributed by atoms with E-state index in [0.717, 1.165) is 22.5 Å². The van der Waals surface area contributed by atoms with Gasteiger partial charge in [0.25, 0.3) is 11.5 Å². The number of amides is 1. The molecule has 0 aliphatic heterocycles. The molecule has 1 saturated carbocycles. The van der Waals surface area contributed by atoms with Gasteiger partial charge in [-0.15, -0.1) is 0 Å². The number of pyridine rings is 1. The van der Waals surface area contributed by atoms with Gasteiger partial charge in [0.2, 0.25) is 0 Å². The number of rotatable bonds is 5. The van der Waals surface area contributed by atoms with E-state index in [1.807, 2.05) is 43.5 Å². The Hall–Kier alpha value is -3.23. The summed E-state index contributed by atoms with van der Waals surface area (Å²) in [5, 5.41) is 26.9. The predicted molar refractivity (Wildman–Crippen MR) is 120 cm³/mol. The van der Waals surface area contributed by atoms with Crippen LogP contribution in [0, 0.1) is 6.92 Å². The van der Waals surface area contributed by atoms with Crippen LogP contribution in [0.15, 0.2) is 53.6 Å². The first-order chi connectivity index (χ1) is 15.3. The summed E-state index contributed by atoms with van der Waals surface area (Å²) in [5.74, 6) is -0.499. The van der Waals surface area contributed by atoms with Crippen molar-refractivity contribution in [3.63, 3.8) is 0 Å². The van der Waals surface area contributed by atoms with Gasteiger partial charge in [-0.1, -0.05) is 12.1 Å². The van der Waals surface area contributed by atoms with Gasteiger partial charge < -0.3 is 20.1 Å². The van der Waals surface area contributed by atoms with Crippen LogP contribution < -0.4 is 10.9 Å². The van der Waals surface area contributed by atoms with Gasteiger partial charge >= 0.3 is 0 Å². The monoisotopic (exact) mass is 436 g/mol. The molecule has 1 fully saturated rings. The summed E-state index contributed by atoms with van der Waals surface area (Å²) < 4.78 is 3.27. The van der Waals surface area contributed by atoms with Crippen molar-refractivity contribution < 1.29 is 15.0 Å². The molecule has 3 aromatic rings. The highest BCUT2D eigenvalue weighted by Gasteiger charge is 2.30. The Kier molecular flexibility index (Phi) is 6.25. The van der Waals surface area contributed by atoms with Crippen molar-refractivity contribution in [1.29, 1.82) is 0 Å². The van der Waals surface area contributed by atoms with Crippen LogP contribution in [0.2, 0.25) is 0 Å². The molecule has 0 spiro atoms. The third kappa shape index (κ3) is 4.51. The Morgan fingerprint density at radius 1 is 1.22 bits per heavy atom. The average Bonchev–Trinajstić information content (AvgIpc) is 3.31. The Morgan fingerprint density at radius 2 is 1.97 bits per heavy atom.